The Morgan fingerprint density at radius 1 is 1.18 bits per heavy atom. The highest BCUT2D eigenvalue weighted by Crippen LogP contribution is 2.47. The minimum Gasteiger partial charge on any atom is -0.396 e. The zero-order valence-electron chi connectivity index (χ0n) is 15.7. The molecule has 3 heterocycles. The van der Waals surface area contributed by atoms with Gasteiger partial charge in [-0.25, -0.2) is 9.97 Å². The first-order chi connectivity index (χ1) is 13.5. The molecule has 5 rings (SSSR count). The number of hydrogen-bond acceptors (Lipinski definition) is 6. The minimum absolute atomic E-state index is 0.116. The van der Waals surface area contributed by atoms with Crippen LogP contribution >= 0.6 is 11.3 Å². The molecule has 8 heteroatoms. The maximum absolute atomic E-state index is 13.0. The Kier molecular flexibility index (Phi) is 4.35. The van der Waals surface area contributed by atoms with E-state index in [1.807, 2.05) is 6.07 Å². The topological polar surface area (TPSA) is 90.9 Å². The average Bonchev–Trinajstić information content (AvgIpc) is 2.91. The zero-order valence-corrected chi connectivity index (χ0v) is 17.3. The average molecular weight is 415 g/mol. The van der Waals surface area contributed by atoms with E-state index in [9.17, 15) is 9.00 Å². The number of nitrogen functional groups attached to an aromatic ring is 1. The molecular formula is C20H22N4O2S2. The van der Waals surface area contributed by atoms with Gasteiger partial charge in [-0.15, -0.1) is 11.3 Å². The van der Waals surface area contributed by atoms with E-state index in [4.69, 9.17) is 10.7 Å². The number of aromatic nitrogens is 3. The van der Waals surface area contributed by atoms with Crippen molar-refractivity contribution in [2.45, 2.75) is 53.9 Å². The number of nitrogens with zero attached hydrogens (tertiary/aromatic N) is 3. The molecule has 2 aliphatic rings. The first-order valence-corrected chi connectivity index (χ1v) is 11.7. The number of hydrogen-bond donors (Lipinski definition) is 1. The third-order valence-corrected chi connectivity index (χ3v) is 9.32. The van der Waals surface area contributed by atoms with Crippen molar-refractivity contribution >= 4 is 38.0 Å². The van der Waals surface area contributed by atoms with Gasteiger partial charge in [0.05, 0.1) is 34.2 Å². The molecule has 0 aromatic carbocycles. The summed E-state index contributed by atoms with van der Waals surface area (Å²) in [5.74, 6) is 0.442. The van der Waals surface area contributed by atoms with Crippen LogP contribution in [0, 0.1) is 0 Å². The van der Waals surface area contributed by atoms with Gasteiger partial charge < -0.3 is 10.3 Å². The molecule has 2 saturated carbocycles. The molecule has 2 aliphatic carbocycles. The molecule has 2 fully saturated rings. The largest absolute Gasteiger partial charge is 0.396 e. The van der Waals surface area contributed by atoms with E-state index in [0.29, 0.717) is 23.0 Å². The van der Waals surface area contributed by atoms with Crippen molar-refractivity contribution in [1.82, 2.24) is 14.5 Å². The van der Waals surface area contributed by atoms with Crippen LogP contribution in [0.15, 0.2) is 27.5 Å². The predicted octanol–water partition coefficient (Wildman–Crippen LogP) is 3.57. The van der Waals surface area contributed by atoms with Gasteiger partial charge in [0.15, 0.2) is 0 Å². The standard InChI is InChI=1S/C20H22N4O2S2/c1-24-10-22-14(9-16(24)25)15-8-13(11-4-2-5-11)17-18(21)20(27-19(17)23-15)28(26)12-6-3-7-12/h8-12H,2-7,21H2,1H3/t28-/m1/s1. The van der Waals surface area contributed by atoms with Gasteiger partial charge in [-0.1, -0.05) is 12.8 Å². The molecule has 0 unspecified atom stereocenters. The predicted molar refractivity (Wildman–Crippen MR) is 113 cm³/mol. The van der Waals surface area contributed by atoms with Gasteiger partial charge in [-0.2, -0.15) is 0 Å². The molecule has 6 nitrogen and oxygen atoms in total. The van der Waals surface area contributed by atoms with Crippen LogP contribution in [0.25, 0.3) is 21.6 Å². The first kappa shape index (κ1) is 18.0. The van der Waals surface area contributed by atoms with E-state index in [1.54, 1.807) is 7.05 Å². The quantitative estimate of drug-likeness (QED) is 0.705. The summed E-state index contributed by atoms with van der Waals surface area (Å²) in [4.78, 5) is 22.0. The van der Waals surface area contributed by atoms with Gasteiger partial charge in [0, 0.05) is 23.8 Å². The van der Waals surface area contributed by atoms with Crippen molar-refractivity contribution in [3.8, 4) is 11.4 Å². The number of nitrogens with two attached hydrogens (primary N) is 1. The van der Waals surface area contributed by atoms with Crippen LogP contribution in [-0.4, -0.2) is 24.0 Å². The van der Waals surface area contributed by atoms with Gasteiger partial charge in [-0.05, 0) is 43.2 Å². The third-order valence-electron chi connectivity index (χ3n) is 6.02. The van der Waals surface area contributed by atoms with Crippen LogP contribution < -0.4 is 11.3 Å². The van der Waals surface area contributed by atoms with Crippen LogP contribution in [0.4, 0.5) is 5.69 Å². The fraction of sp³-hybridized carbons (Fsp3) is 0.450. The number of rotatable bonds is 4. The number of pyridine rings is 1. The van der Waals surface area contributed by atoms with Gasteiger partial charge in [0.1, 0.15) is 9.04 Å². The Labute approximate surface area is 169 Å². The molecule has 3 aromatic rings. The smallest absolute Gasteiger partial charge is 0.253 e. The third kappa shape index (κ3) is 2.81. The molecule has 146 valence electrons. The van der Waals surface area contributed by atoms with Gasteiger partial charge in [0.25, 0.3) is 5.56 Å². The Hall–Kier alpha value is -2.06. The molecule has 28 heavy (non-hydrogen) atoms. The second-order valence-corrected chi connectivity index (χ2v) is 10.7. The van der Waals surface area contributed by atoms with E-state index in [1.165, 1.54) is 40.3 Å². The fourth-order valence-corrected chi connectivity index (χ4v) is 7.01. The van der Waals surface area contributed by atoms with E-state index in [0.717, 1.165) is 46.5 Å². The molecule has 2 N–H and O–H groups in total. The second-order valence-electron chi connectivity index (χ2n) is 7.78. The van der Waals surface area contributed by atoms with Crippen LogP contribution in [-0.2, 0) is 17.8 Å². The van der Waals surface area contributed by atoms with Crippen LogP contribution in [0.5, 0.6) is 0 Å². The molecule has 0 radical (unpaired) electrons. The second kappa shape index (κ2) is 6.77. The Bertz CT molecular complexity index is 1160. The van der Waals surface area contributed by atoms with Gasteiger partial charge in [0.2, 0.25) is 0 Å². The van der Waals surface area contributed by atoms with Crippen molar-refractivity contribution < 1.29 is 4.21 Å². The fourth-order valence-electron chi connectivity index (χ4n) is 3.79. The summed E-state index contributed by atoms with van der Waals surface area (Å²) < 4.78 is 15.2. The number of aryl methyl sites for hydroxylation is 1. The van der Waals surface area contributed by atoms with Crippen molar-refractivity contribution in [2.24, 2.45) is 7.05 Å². The van der Waals surface area contributed by atoms with Crippen molar-refractivity contribution in [2.75, 3.05) is 5.73 Å². The summed E-state index contributed by atoms with van der Waals surface area (Å²) in [5, 5.41) is 1.19. The Balaban J connectivity index is 1.69. The minimum atomic E-state index is -1.06. The summed E-state index contributed by atoms with van der Waals surface area (Å²) >= 11 is 1.44. The number of thiophene rings is 1. The monoisotopic (exact) mass is 414 g/mol. The highest BCUT2D eigenvalue weighted by Gasteiger charge is 2.31. The molecule has 0 bridgehead atoms. The first-order valence-electron chi connectivity index (χ1n) is 9.69. The lowest BCUT2D eigenvalue weighted by atomic mass is 9.79. The summed E-state index contributed by atoms with van der Waals surface area (Å²) in [7, 11) is 0.614. The van der Waals surface area contributed by atoms with E-state index < -0.39 is 10.8 Å². The molecular weight excluding hydrogens is 392 g/mol. The van der Waals surface area contributed by atoms with Crippen molar-refractivity contribution in [3.05, 3.63) is 34.4 Å². The molecule has 0 saturated heterocycles. The summed E-state index contributed by atoms with van der Waals surface area (Å²) in [5.41, 5.74) is 9.46. The Morgan fingerprint density at radius 3 is 2.54 bits per heavy atom. The Morgan fingerprint density at radius 2 is 1.93 bits per heavy atom. The molecule has 3 aromatic heterocycles. The van der Waals surface area contributed by atoms with Gasteiger partial charge >= 0.3 is 0 Å². The lowest BCUT2D eigenvalue weighted by Crippen LogP contribution is -2.23. The molecule has 0 amide bonds. The SMILES string of the molecule is Cn1cnc(-c2cc(C3CCC3)c3c(N)c([S@](=O)C4CCC4)sc3n2)cc1=O. The maximum atomic E-state index is 13.0. The highest BCUT2D eigenvalue weighted by atomic mass is 32.2. The van der Waals surface area contributed by atoms with Crippen molar-refractivity contribution in [3.63, 3.8) is 0 Å². The van der Waals surface area contributed by atoms with Crippen molar-refractivity contribution in [1.29, 1.82) is 0 Å². The zero-order chi connectivity index (χ0) is 19.4. The van der Waals surface area contributed by atoms with Crippen LogP contribution in [0.1, 0.15) is 50.0 Å². The lowest BCUT2D eigenvalue weighted by molar-refractivity contribution is 0.422. The molecule has 0 aliphatic heterocycles. The number of fused-ring (bicyclic) bond motifs is 1. The lowest BCUT2D eigenvalue weighted by Gasteiger charge is -2.27. The normalized spacial score (nSPS) is 18.8. The van der Waals surface area contributed by atoms with E-state index in [2.05, 4.69) is 4.98 Å². The van der Waals surface area contributed by atoms with E-state index >= 15 is 0 Å². The molecule has 1 atom stereocenters. The van der Waals surface area contributed by atoms with Crippen LogP contribution in [0.2, 0.25) is 0 Å². The summed E-state index contributed by atoms with van der Waals surface area (Å²) in [6, 6.07) is 3.55. The maximum Gasteiger partial charge on any atom is 0.253 e. The number of anilines is 1. The van der Waals surface area contributed by atoms with E-state index in [-0.39, 0.29) is 10.8 Å². The van der Waals surface area contributed by atoms with Gasteiger partial charge in [-0.3, -0.25) is 9.00 Å². The summed E-state index contributed by atoms with van der Waals surface area (Å²) in [6.07, 6.45) is 8.13. The summed E-state index contributed by atoms with van der Waals surface area (Å²) in [6.45, 7) is 0. The van der Waals surface area contributed by atoms with Crippen LogP contribution in [0.3, 0.4) is 0 Å². The molecule has 0 spiro atoms. The highest BCUT2D eigenvalue weighted by molar-refractivity contribution is 7.88.